The number of aliphatic carboxylic acids is 1. The second-order valence-corrected chi connectivity index (χ2v) is 9.27. The van der Waals surface area contributed by atoms with Gasteiger partial charge in [0.15, 0.2) is 0 Å². The molecule has 0 saturated carbocycles. The molecule has 2 heterocycles. The Labute approximate surface area is 210 Å². The van der Waals surface area contributed by atoms with Crippen LogP contribution in [0.2, 0.25) is 0 Å². The van der Waals surface area contributed by atoms with Crippen molar-refractivity contribution >= 4 is 34.6 Å². The smallest absolute Gasteiger partial charge is 0.326 e. The van der Waals surface area contributed by atoms with Gasteiger partial charge in [-0.2, -0.15) is 0 Å². The van der Waals surface area contributed by atoms with E-state index in [4.69, 9.17) is 11.5 Å². The third-order valence-electron chi connectivity index (χ3n) is 6.59. The fourth-order valence-corrected chi connectivity index (χ4v) is 4.56. The van der Waals surface area contributed by atoms with Gasteiger partial charge in [-0.15, -0.1) is 0 Å². The maximum atomic E-state index is 13.3. The number of amides is 3. The molecule has 8 N–H and O–H groups in total. The molecule has 0 radical (unpaired) electrons. The molecule has 11 heteroatoms. The van der Waals surface area contributed by atoms with Gasteiger partial charge in [0.25, 0.3) is 0 Å². The van der Waals surface area contributed by atoms with Gasteiger partial charge in [-0.05, 0) is 50.8 Å². The number of rotatable bonds is 12. The second-order valence-electron chi connectivity index (χ2n) is 9.27. The zero-order chi connectivity index (χ0) is 26.2. The summed E-state index contributed by atoms with van der Waals surface area (Å²) in [6.45, 7) is 2.34. The quantitative estimate of drug-likeness (QED) is 0.225. The molecular formula is C25H36N6O5. The van der Waals surface area contributed by atoms with Crippen molar-refractivity contribution in [3.63, 3.8) is 0 Å². The zero-order valence-corrected chi connectivity index (χ0v) is 20.5. The van der Waals surface area contributed by atoms with E-state index in [1.54, 1.807) is 6.20 Å². The van der Waals surface area contributed by atoms with Crippen LogP contribution >= 0.6 is 0 Å². The van der Waals surface area contributed by atoms with Crippen LogP contribution in [0.15, 0.2) is 30.5 Å². The van der Waals surface area contributed by atoms with E-state index in [0.29, 0.717) is 38.8 Å². The number of unbranched alkanes of at least 4 members (excludes halogenated alkanes) is 1. The molecule has 2 aromatic rings. The molecular weight excluding hydrogens is 464 g/mol. The highest BCUT2D eigenvalue weighted by atomic mass is 16.4. The van der Waals surface area contributed by atoms with Crippen LogP contribution in [0.3, 0.4) is 0 Å². The fourth-order valence-electron chi connectivity index (χ4n) is 4.56. The van der Waals surface area contributed by atoms with Gasteiger partial charge in [0.05, 0.1) is 6.04 Å². The number of hydrogen-bond donors (Lipinski definition) is 6. The number of carbonyl (C=O) groups is 4. The largest absolute Gasteiger partial charge is 0.480 e. The lowest BCUT2D eigenvalue weighted by Crippen LogP contribution is -2.56. The van der Waals surface area contributed by atoms with Gasteiger partial charge in [0.2, 0.25) is 17.7 Å². The summed E-state index contributed by atoms with van der Waals surface area (Å²) in [5.41, 5.74) is 13.3. The normalized spacial score (nSPS) is 18.0. The highest BCUT2D eigenvalue weighted by Crippen LogP contribution is 2.20. The SMILES string of the molecule is CC(NC(=O)C(Cc1c[nH]c2ccccc12)NC(=O)C(N)CCCCN)C(=O)N1CCCC1C(=O)O. The molecule has 3 rings (SSSR count). The van der Waals surface area contributed by atoms with Gasteiger partial charge in [0, 0.05) is 30.1 Å². The lowest BCUT2D eigenvalue weighted by Gasteiger charge is -2.27. The third kappa shape index (κ3) is 6.61. The first-order valence-corrected chi connectivity index (χ1v) is 12.4. The van der Waals surface area contributed by atoms with E-state index in [-0.39, 0.29) is 6.42 Å². The topological polar surface area (TPSA) is 184 Å². The number of carboxylic acid groups (broad SMARTS) is 1. The molecule has 4 unspecified atom stereocenters. The number of fused-ring (bicyclic) bond motifs is 1. The summed E-state index contributed by atoms with van der Waals surface area (Å²) >= 11 is 0. The van der Waals surface area contributed by atoms with E-state index in [0.717, 1.165) is 22.9 Å². The molecule has 4 atom stereocenters. The summed E-state index contributed by atoms with van der Waals surface area (Å²) in [5, 5.41) is 15.7. The molecule has 1 aromatic carbocycles. The highest BCUT2D eigenvalue weighted by Gasteiger charge is 2.37. The number of nitrogens with one attached hydrogen (secondary N) is 3. The highest BCUT2D eigenvalue weighted by molar-refractivity contribution is 5.94. The Balaban J connectivity index is 1.74. The maximum Gasteiger partial charge on any atom is 0.326 e. The van der Waals surface area contributed by atoms with Crippen molar-refractivity contribution in [1.82, 2.24) is 20.5 Å². The van der Waals surface area contributed by atoms with E-state index in [2.05, 4.69) is 15.6 Å². The van der Waals surface area contributed by atoms with Gasteiger partial charge in [-0.25, -0.2) is 4.79 Å². The number of carbonyl (C=O) groups excluding carboxylic acids is 3. The molecule has 1 aliphatic heterocycles. The Morgan fingerprint density at radius 1 is 1.17 bits per heavy atom. The monoisotopic (exact) mass is 500 g/mol. The van der Waals surface area contributed by atoms with E-state index in [1.165, 1.54) is 11.8 Å². The molecule has 36 heavy (non-hydrogen) atoms. The van der Waals surface area contributed by atoms with Crippen LogP contribution < -0.4 is 22.1 Å². The van der Waals surface area contributed by atoms with Crippen molar-refractivity contribution in [2.24, 2.45) is 11.5 Å². The Bertz CT molecular complexity index is 1090. The lowest BCUT2D eigenvalue weighted by molar-refractivity contribution is -0.149. The maximum absolute atomic E-state index is 13.3. The number of likely N-dealkylation sites (tertiary alicyclic amines) is 1. The standard InChI is InChI=1S/C25H36N6O5/c1-15(24(34)31-12-6-10-21(31)25(35)36)29-23(33)20(30-22(32)18(27)8-4-5-11-26)13-16-14-28-19-9-3-2-7-17(16)19/h2-3,7,9,14-15,18,20-21,28H,4-6,8,10-13,26-27H2,1H3,(H,29,33)(H,30,32)(H,35,36). The summed E-state index contributed by atoms with van der Waals surface area (Å²) in [6, 6.07) is 3.97. The van der Waals surface area contributed by atoms with Crippen molar-refractivity contribution in [2.75, 3.05) is 13.1 Å². The molecule has 1 fully saturated rings. The Kier molecular flexibility index (Phi) is 9.43. The van der Waals surface area contributed by atoms with Crippen LogP contribution in [0.1, 0.15) is 44.6 Å². The minimum Gasteiger partial charge on any atom is -0.480 e. The fraction of sp³-hybridized carbons (Fsp3) is 0.520. The van der Waals surface area contributed by atoms with Crippen LogP contribution in [-0.4, -0.2) is 75.9 Å². The second kappa shape index (κ2) is 12.5. The molecule has 0 aliphatic carbocycles. The predicted octanol–water partition coefficient (Wildman–Crippen LogP) is 0.232. The first-order chi connectivity index (χ1) is 17.2. The van der Waals surface area contributed by atoms with Gasteiger partial charge >= 0.3 is 5.97 Å². The molecule has 0 bridgehead atoms. The number of nitrogens with zero attached hydrogens (tertiary/aromatic N) is 1. The first-order valence-electron chi connectivity index (χ1n) is 12.4. The van der Waals surface area contributed by atoms with E-state index in [9.17, 15) is 24.3 Å². The average molecular weight is 501 g/mol. The van der Waals surface area contributed by atoms with Crippen molar-refractivity contribution < 1.29 is 24.3 Å². The number of hydrogen-bond acceptors (Lipinski definition) is 6. The molecule has 0 spiro atoms. The molecule has 11 nitrogen and oxygen atoms in total. The molecule has 196 valence electrons. The molecule has 1 aromatic heterocycles. The van der Waals surface area contributed by atoms with Gasteiger partial charge in [0.1, 0.15) is 18.1 Å². The number of H-pyrrole nitrogens is 1. The van der Waals surface area contributed by atoms with Crippen LogP contribution in [-0.2, 0) is 25.6 Å². The number of aromatic nitrogens is 1. The number of nitrogens with two attached hydrogens (primary N) is 2. The zero-order valence-electron chi connectivity index (χ0n) is 20.5. The summed E-state index contributed by atoms with van der Waals surface area (Å²) in [5.74, 6) is -2.54. The number of para-hydroxylation sites is 1. The van der Waals surface area contributed by atoms with Gasteiger partial charge in [-0.1, -0.05) is 24.6 Å². The first kappa shape index (κ1) is 27.2. The van der Waals surface area contributed by atoms with Crippen molar-refractivity contribution in [1.29, 1.82) is 0 Å². The van der Waals surface area contributed by atoms with E-state index in [1.807, 2.05) is 24.3 Å². The van der Waals surface area contributed by atoms with Gasteiger partial charge in [-0.3, -0.25) is 14.4 Å². The minimum absolute atomic E-state index is 0.180. The Morgan fingerprint density at radius 3 is 2.64 bits per heavy atom. The van der Waals surface area contributed by atoms with Crippen LogP contribution in [0, 0.1) is 0 Å². The van der Waals surface area contributed by atoms with Gasteiger partial charge < -0.3 is 37.1 Å². The predicted molar refractivity (Wildman–Crippen MR) is 135 cm³/mol. The Morgan fingerprint density at radius 2 is 1.92 bits per heavy atom. The molecule has 1 aliphatic rings. The summed E-state index contributed by atoms with van der Waals surface area (Å²) in [4.78, 5) is 54.9. The number of aromatic amines is 1. The number of carboxylic acids is 1. The third-order valence-corrected chi connectivity index (χ3v) is 6.59. The minimum atomic E-state index is -1.06. The van der Waals surface area contributed by atoms with Crippen LogP contribution in [0.5, 0.6) is 0 Å². The summed E-state index contributed by atoms with van der Waals surface area (Å²) in [7, 11) is 0. The van der Waals surface area contributed by atoms with Crippen molar-refractivity contribution in [3.05, 3.63) is 36.0 Å². The summed E-state index contributed by atoms with van der Waals surface area (Å²) in [6.07, 6.45) is 4.80. The average Bonchev–Trinajstić information content (AvgIpc) is 3.51. The van der Waals surface area contributed by atoms with Crippen molar-refractivity contribution in [3.8, 4) is 0 Å². The van der Waals surface area contributed by atoms with E-state index >= 15 is 0 Å². The lowest BCUT2D eigenvalue weighted by atomic mass is 10.0. The van der Waals surface area contributed by atoms with Crippen molar-refractivity contribution in [2.45, 2.75) is 69.6 Å². The summed E-state index contributed by atoms with van der Waals surface area (Å²) < 4.78 is 0. The molecule has 3 amide bonds. The van der Waals surface area contributed by atoms with E-state index < -0.39 is 47.9 Å². The van der Waals surface area contributed by atoms with Crippen LogP contribution in [0.4, 0.5) is 0 Å². The Hall–Kier alpha value is -3.44. The molecule has 1 saturated heterocycles. The number of benzene rings is 1. The van der Waals surface area contributed by atoms with Crippen LogP contribution in [0.25, 0.3) is 10.9 Å².